The SMILES string of the molecule is CSC1C=C2C(C)(CCC3C4C[C@](C)(C(N)=O)CCC4(C)CCC23C)c2cc(OC(C)=O)c(OC(C)=O)c(C)c21. The smallest absolute Gasteiger partial charge is 0.308 e. The Kier molecular flexibility index (Phi) is 7.04. The first-order chi connectivity index (χ1) is 18.6. The first kappa shape index (κ1) is 29.2. The first-order valence-electron chi connectivity index (χ1n) is 14.7. The van der Waals surface area contributed by atoms with Crippen LogP contribution in [-0.2, 0) is 19.8 Å². The van der Waals surface area contributed by atoms with Crippen LogP contribution in [0.4, 0.5) is 0 Å². The van der Waals surface area contributed by atoms with Crippen molar-refractivity contribution in [1.82, 2.24) is 0 Å². The van der Waals surface area contributed by atoms with Crippen LogP contribution < -0.4 is 15.2 Å². The lowest BCUT2D eigenvalue weighted by molar-refractivity contribution is -0.141. The van der Waals surface area contributed by atoms with Crippen LogP contribution in [0.1, 0.15) is 108 Å². The van der Waals surface area contributed by atoms with Gasteiger partial charge in [-0.25, -0.2) is 0 Å². The number of amides is 1. The summed E-state index contributed by atoms with van der Waals surface area (Å²) in [5, 5.41) is 0.0879. The fraction of sp³-hybridized carbons (Fsp3) is 0.667. The van der Waals surface area contributed by atoms with Crippen LogP contribution in [-0.4, -0.2) is 24.1 Å². The lowest BCUT2D eigenvalue weighted by Crippen LogP contribution is -2.58. The lowest BCUT2D eigenvalue weighted by Gasteiger charge is -2.65. The summed E-state index contributed by atoms with van der Waals surface area (Å²) in [7, 11) is 0. The summed E-state index contributed by atoms with van der Waals surface area (Å²) in [6.07, 6.45) is 11.7. The monoisotopic (exact) mass is 567 g/mol. The molecular weight excluding hydrogens is 522 g/mol. The van der Waals surface area contributed by atoms with Gasteiger partial charge in [-0.2, -0.15) is 11.8 Å². The molecular formula is C33H45NO5S. The van der Waals surface area contributed by atoms with Gasteiger partial charge < -0.3 is 15.2 Å². The molecule has 1 aromatic rings. The van der Waals surface area contributed by atoms with Gasteiger partial charge in [-0.15, -0.1) is 0 Å². The highest BCUT2D eigenvalue weighted by molar-refractivity contribution is 7.99. The number of carbonyl (C=O) groups is 3. The highest BCUT2D eigenvalue weighted by Crippen LogP contribution is 2.70. The second-order valence-electron chi connectivity index (χ2n) is 14.0. The normalized spacial score (nSPS) is 38.1. The maximum Gasteiger partial charge on any atom is 0.308 e. The molecule has 0 aromatic heterocycles. The Morgan fingerprint density at radius 1 is 0.950 bits per heavy atom. The van der Waals surface area contributed by atoms with Gasteiger partial charge in [-0.1, -0.05) is 39.3 Å². The Bertz CT molecular complexity index is 1320. The number of primary amides is 1. The molecule has 218 valence electrons. The molecule has 4 aliphatic rings. The molecule has 2 N–H and O–H groups in total. The largest absolute Gasteiger partial charge is 0.423 e. The van der Waals surface area contributed by atoms with Crippen LogP contribution in [0.2, 0.25) is 0 Å². The van der Waals surface area contributed by atoms with E-state index in [4.69, 9.17) is 15.2 Å². The number of nitrogens with two attached hydrogens (primary N) is 1. The van der Waals surface area contributed by atoms with Crippen molar-refractivity contribution >= 4 is 29.6 Å². The molecule has 5 rings (SSSR count). The molecule has 0 spiro atoms. The molecule has 40 heavy (non-hydrogen) atoms. The molecule has 7 heteroatoms. The minimum Gasteiger partial charge on any atom is -0.423 e. The summed E-state index contributed by atoms with van der Waals surface area (Å²) in [6, 6.07) is 1.97. The third-order valence-corrected chi connectivity index (χ3v) is 12.5. The number of esters is 2. The highest BCUT2D eigenvalue weighted by atomic mass is 32.2. The zero-order valence-electron chi connectivity index (χ0n) is 25.4. The topological polar surface area (TPSA) is 95.7 Å². The fourth-order valence-corrected chi connectivity index (χ4v) is 9.97. The second kappa shape index (κ2) is 9.64. The number of carbonyl (C=O) groups excluding carboxylic acids is 3. The summed E-state index contributed by atoms with van der Waals surface area (Å²) in [4.78, 5) is 36.7. The van der Waals surface area contributed by atoms with E-state index in [-0.39, 0.29) is 27.4 Å². The molecule has 3 saturated carbocycles. The standard InChI is InChI=1S/C33H45NO5S/c1-18-27-22(15-24(38-19(2)35)28(18)39-20(3)36)32(6)10-9-21-23-17-31(5,29(34)37)12-11-30(23,4)13-14-33(21,7)26(32)16-25(27)40-8/h15-16,21,23,25H,9-14,17H2,1-8H3,(H2,34,37)/t21?,23?,25?,30?,31-,32?,33?/m1/s1. The van der Waals surface area contributed by atoms with Crippen molar-refractivity contribution in [2.24, 2.45) is 33.8 Å². The number of hydrogen-bond donors (Lipinski definition) is 1. The molecule has 6 unspecified atom stereocenters. The number of allylic oxidation sites excluding steroid dienone is 1. The summed E-state index contributed by atoms with van der Waals surface area (Å²) >= 11 is 1.78. The fourth-order valence-electron chi connectivity index (χ4n) is 9.16. The van der Waals surface area contributed by atoms with E-state index in [1.807, 2.05) is 13.0 Å². The molecule has 3 fully saturated rings. The lowest BCUT2D eigenvalue weighted by atomic mass is 9.40. The van der Waals surface area contributed by atoms with E-state index >= 15 is 0 Å². The Hall–Kier alpha value is -2.28. The number of fused-ring (bicyclic) bond motifs is 7. The van der Waals surface area contributed by atoms with Crippen molar-refractivity contribution in [2.75, 3.05) is 6.26 Å². The van der Waals surface area contributed by atoms with Crippen molar-refractivity contribution in [3.8, 4) is 11.5 Å². The zero-order valence-corrected chi connectivity index (χ0v) is 26.2. The Labute approximate surface area is 243 Å². The van der Waals surface area contributed by atoms with E-state index in [9.17, 15) is 14.4 Å². The second-order valence-corrected chi connectivity index (χ2v) is 15.0. The predicted molar refractivity (Wildman–Crippen MR) is 158 cm³/mol. The van der Waals surface area contributed by atoms with Crippen LogP contribution in [0.5, 0.6) is 11.5 Å². The Balaban J connectivity index is 1.65. The van der Waals surface area contributed by atoms with E-state index in [0.29, 0.717) is 23.3 Å². The quantitative estimate of drug-likeness (QED) is 0.240. The van der Waals surface area contributed by atoms with Crippen molar-refractivity contribution in [3.05, 3.63) is 34.4 Å². The third-order valence-electron chi connectivity index (χ3n) is 11.6. The van der Waals surface area contributed by atoms with Crippen molar-refractivity contribution in [2.45, 2.75) is 104 Å². The van der Waals surface area contributed by atoms with Gasteiger partial charge in [0.2, 0.25) is 5.91 Å². The van der Waals surface area contributed by atoms with E-state index in [1.54, 1.807) is 11.8 Å². The molecule has 0 heterocycles. The van der Waals surface area contributed by atoms with Crippen molar-refractivity contribution < 1.29 is 23.9 Å². The van der Waals surface area contributed by atoms with Crippen LogP contribution in [0.3, 0.4) is 0 Å². The number of benzene rings is 1. The first-order valence-corrected chi connectivity index (χ1v) is 16.0. The highest BCUT2D eigenvalue weighted by Gasteiger charge is 2.62. The maximum absolute atomic E-state index is 12.6. The molecule has 0 bridgehead atoms. The van der Waals surface area contributed by atoms with E-state index in [0.717, 1.165) is 56.1 Å². The number of rotatable bonds is 4. The molecule has 0 aliphatic heterocycles. The number of hydrogen-bond acceptors (Lipinski definition) is 6. The van der Waals surface area contributed by atoms with E-state index in [2.05, 4.69) is 40.0 Å². The number of thioether (sulfide) groups is 1. The predicted octanol–water partition coefficient (Wildman–Crippen LogP) is 6.96. The van der Waals surface area contributed by atoms with Crippen molar-refractivity contribution in [3.63, 3.8) is 0 Å². The summed E-state index contributed by atoms with van der Waals surface area (Å²) in [5.41, 5.74) is 10.2. The number of ether oxygens (including phenoxy) is 2. The Morgan fingerprint density at radius 3 is 2.20 bits per heavy atom. The van der Waals surface area contributed by atoms with Crippen LogP contribution in [0, 0.1) is 35.0 Å². The van der Waals surface area contributed by atoms with Gasteiger partial charge in [0.05, 0.1) is 0 Å². The minimum absolute atomic E-state index is 0.0111. The maximum atomic E-state index is 12.6. The molecule has 7 atom stereocenters. The van der Waals surface area contributed by atoms with Gasteiger partial charge in [0.25, 0.3) is 0 Å². The minimum atomic E-state index is -0.443. The molecule has 1 aromatic carbocycles. The third kappa shape index (κ3) is 4.24. The molecule has 0 saturated heterocycles. The van der Waals surface area contributed by atoms with Crippen LogP contribution in [0.15, 0.2) is 17.7 Å². The van der Waals surface area contributed by atoms with Gasteiger partial charge in [-0.3, -0.25) is 14.4 Å². The van der Waals surface area contributed by atoms with E-state index in [1.165, 1.54) is 25.0 Å². The van der Waals surface area contributed by atoms with Gasteiger partial charge in [0.15, 0.2) is 11.5 Å². The molecule has 1 amide bonds. The average Bonchev–Trinajstić information content (AvgIpc) is 2.86. The Morgan fingerprint density at radius 2 is 1.60 bits per heavy atom. The van der Waals surface area contributed by atoms with Gasteiger partial charge >= 0.3 is 11.9 Å². The molecule has 0 radical (unpaired) electrons. The van der Waals surface area contributed by atoms with Gasteiger partial charge in [0.1, 0.15) is 0 Å². The summed E-state index contributed by atoms with van der Waals surface area (Å²) in [6.45, 7) is 14.1. The van der Waals surface area contributed by atoms with Gasteiger partial charge in [-0.05, 0) is 98.0 Å². The molecule has 6 nitrogen and oxygen atoms in total. The van der Waals surface area contributed by atoms with Crippen LogP contribution >= 0.6 is 11.8 Å². The zero-order chi connectivity index (χ0) is 29.4. The van der Waals surface area contributed by atoms with E-state index < -0.39 is 17.4 Å². The molecule has 4 aliphatic carbocycles. The van der Waals surface area contributed by atoms with Gasteiger partial charge in [0, 0.05) is 35.5 Å². The van der Waals surface area contributed by atoms with Crippen molar-refractivity contribution in [1.29, 1.82) is 0 Å². The summed E-state index contributed by atoms with van der Waals surface area (Å²) in [5.74, 6) is 0.529. The average molecular weight is 568 g/mol. The van der Waals surface area contributed by atoms with Crippen LogP contribution in [0.25, 0.3) is 0 Å². The summed E-state index contributed by atoms with van der Waals surface area (Å²) < 4.78 is 11.3.